The number of hydrogen-bond acceptors (Lipinski definition) is 3. The molecule has 26 heavy (non-hydrogen) atoms. The summed E-state index contributed by atoms with van der Waals surface area (Å²) in [7, 11) is 3.48. The molecule has 0 bridgehead atoms. The van der Waals surface area contributed by atoms with Crippen LogP contribution in [-0.2, 0) is 6.54 Å². The summed E-state index contributed by atoms with van der Waals surface area (Å²) in [5, 5.41) is 3.42. The second kappa shape index (κ2) is 8.56. The van der Waals surface area contributed by atoms with E-state index in [1.807, 2.05) is 30.3 Å². The average molecular weight is 356 g/mol. The molecule has 0 aromatic heterocycles. The van der Waals surface area contributed by atoms with Gasteiger partial charge in [-0.25, -0.2) is 4.39 Å². The first-order valence-electron chi connectivity index (χ1n) is 8.78. The van der Waals surface area contributed by atoms with Crippen molar-refractivity contribution < 1.29 is 9.13 Å². The van der Waals surface area contributed by atoms with E-state index in [-0.39, 0.29) is 5.82 Å². The lowest BCUT2D eigenvalue weighted by Gasteiger charge is -2.37. The first kappa shape index (κ1) is 18.0. The molecule has 0 atom stereocenters. The lowest BCUT2D eigenvalue weighted by molar-refractivity contribution is 0.372. The summed E-state index contributed by atoms with van der Waals surface area (Å²) in [6, 6.07) is 14.7. The molecule has 1 aliphatic rings. The van der Waals surface area contributed by atoms with E-state index in [9.17, 15) is 4.39 Å². The average Bonchev–Trinajstić information content (AvgIpc) is 2.70. The van der Waals surface area contributed by atoms with E-state index < -0.39 is 0 Å². The van der Waals surface area contributed by atoms with Crippen LogP contribution in [0.5, 0.6) is 5.75 Å². The third-order valence-electron chi connectivity index (χ3n) is 4.57. The molecule has 0 aliphatic carbocycles. The van der Waals surface area contributed by atoms with Gasteiger partial charge in [0.25, 0.3) is 0 Å². The van der Waals surface area contributed by atoms with Gasteiger partial charge in [-0.05, 0) is 42.0 Å². The maximum atomic E-state index is 13.1. The third kappa shape index (κ3) is 4.45. The topological polar surface area (TPSA) is 40.1 Å². The van der Waals surface area contributed by atoms with E-state index in [2.05, 4.69) is 26.2 Å². The molecule has 6 heteroatoms. The molecule has 1 fully saturated rings. The highest BCUT2D eigenvalue weighted by Crippen LogP contribution is 2.17. The normalized spacial score (nSPS) is 15.1. The van der Waals surface area contributed by atoms with E-state index in [1.54, 1.807) is 14.2 Å². The SMILES string of the molecule is CN=C(NCc1cccc(OC)c1)N1CCN(c2ccc(F)cc2)CC1. The summed E-state index contributed by atoms with van der Waals surface area (Å²) < 4.78 is 18.3. The van der Waals surface area contributed by atoms with Gasteiger partial charge in [0.2, 0.25) is 0 Å². The summed E-state index contributed by atoms with van der Waals surface area (Å²) in [5.41, 5.74) is 2.21. The van der Waals surface area contributed by atoms with Crippen LogP contribution >= 0.6 is 0 Å². The van der Waals surface area contributed by atoms with Gasteiger partial charge in [0.15, 0.2) is 5.96 Å². The van der Waals surface area contributed by atoms with Crippen LogP contribution in [0.15, 0.2) is 53.5 Å². The fourth-order valence-corrected chi connectivity index (χ4v) is 3.12. The second-order valence-corrected chi connectivity index (χ2v) is 6.20. The predicted octanol–water partition coefficient (Wildman–Crippen LogP) is 2.73. The quantitative estimate of drug-likeness (QED) is 0.676. The van der Waals surface area contributed by atoms with Gasteiger partial charge in [-0.1, -0.05) is 12.1 Å². The number of methoxy groups -OCH3 is 1. The van der Waals surface area contributed by atoms with E-state index in [0.717, 1.165) is 49.1 Å². The van der Waals surface area contributed by atoms with Crippen LogP contribution < -0.4 is 15.0 Å². The Morgan fingerprint density at radius 2 is 1.85 bits per heavy atom. The first-order valence-corrected chi connectivity index (χ1v) is 8.78. The molecule has 138 valence electrons. The summed E-state index contributed by atoms with van der Waals surface area (Å²) in [6.45, 7) is 4.20. The van der Waals surface area contributed by atoms with Crippen LogP contribution in [-0.4, -0.2) is 51.2 Å². The van der Waals surface area contributed by atoms with Crippen LogP contribution in [0.2, 0.25) is 0 Å². The lowest BCUT2D eigenvalue weighted by atomic mass is 10.2. The number of aliphatic imine (C=N–C) groups is 1. The first-order chi connectivity index (χ1) is 12.7. The fraction of sp³-hybridized carbons (Fsp3) is 0.350. The van der Waals surface area contributed by atoms with Crippen molar-refractivity contribution in [2.75, 3.05) is 45.2 Å². The van der Waals surface area contributed by atoms with Gasteiger partial charge in [0.1, 0.15) is 11.6 Å². The van der Waals surface area contributed by atoms with Crippen molar-refractivity contribution in [1.82, 2.24) is 10.2 Å². The Labute approximate surface area is 154 Å². The standard InChI is InChI=1S/C20H25FN4O/c1-22-20(23-15-16-4-3-5-19(14-16)26-2)25-12-10-24(11-13-25)18-8-6-17(21)7-9-18/h3-9,14H,10-13,15H2,1-2H3,(H,22,23). The number of guanidine groups is 1. The minimum Gasteiger partial charge on any atom is -0.497 e. The molecule has 0 amide bonds. The lowest BCUT2D eigenvalue weighted by Crippen LogP contribution is -2.52. The van der Waals surface area contributed by atoms with Crippen molar-refractivity contribution in [2.45, 2.75) is 6.54 Å². The van der Waals surface area contributed by atoms with Crippen molar-refractivity contribution in [3.05, 3.63) is 59.9 Å². The summed E-state index contributed by atoms with van der Waals surface area (Å²) in [4.78, 5) is 8.93. The van der Waals surface area contributed by atoms with Crippen LogP contribution in [0, 0.1) is 5.82 Å². The molecule has 2 aromatic rings. The van der Waals surface area contributed by atoms with E-state index in [0.29, 0.717) is 6.54 Å². The molecule has 0 saturated carbocycles. The number of nitrogens with zero attached hydrogens (tertiary/aromatic N) is 3. The Hall–Kier alpha value is -2.76. The van der Waals surface area contributed by atoms with Crippen molar-refractivity contribution in [3.8, 4) is 5.75 Å². The Morgan fingerprint density at radius 1 is 1.12 bits per heavy atom. The van der Waals surface area contributed by atoms with E-state index in [4.69, 9.17) is 4.74 Å². The number of halogens is 1. The summed E-state index contributed by atoms with van der Waals surface area (Å²) in [5.74, 6) is 1.55. The molecule has 1 N–H and O–H groups in total. The molecule has 1 saturated heterocycles. The van der Waals surface area contributed by atoms with Gasteiger partial charge in [0, 0.05) is 45.5 Å². The Morgan fingerprint density at radius 3 is 2.50 bits per heavy atom. The zero-order valence-corrected chi connectivity index (χ0v) is 15.3. The van der Waals surface area contributed by atoms with Gasteiger partial charge in [-0.3, -0.25) is 4.99 Å². The maximum absolute atomic E-state index is 13.1. The number of anilines is 1. The molecule has 0 unspecified atom stereocenters. The van der Waals surface area contributed by atoms with Gasteiger partial charge in [-0.2, -0.15) is 0 Å². The van der Waals surface area contributed by atoms with Gasteiger partial charge in [0.05, 0.1) is 7.11 Å². The maximum Gasteiger partial charge on any atom is 0.194 e. The fourth-order valence-electron chi connectivity index (χ4n) is 3.12. The van der Waals surface area contributed by atoms with Crippen molar-refractivity contribution in [3.63, 3.8) is 0 Å². The zero-order valence-electron chi connectivity index (χ0n) is 15.3. The second-order valence-electron chi connectivity index (χ2n) is 6.20. The number of benzene rings is 2. The minimum absolute atomic E-state index is 0.200. The molecular weight excluding hydrogens is 331 g/mol. The van der Waals surface area contributed by atoms with Crippen molar-refractivity contribution in [2.24, 2.45) is 4.99 Å². The van der Waals surface area contributed by atoms with Gasteiger partial charge >= 0.3 is 0 Å². The number of hydrogen-bond donors (Lipinski definition) is 1. The highest BCUT2D eigenvalue weighted by atomic mass is 19.1. The van der Waals surface area contributed by atoms with Gasteiger partial charge < -0.3 is 19.9 Å². The summed E-state index contributed by atoms with van der Waals surface area (Å²) >= 11 is 0. The van der Waals surface area contributed by atoms with Crippen molar-refractivity contribution >= 4 is 11.6 Å². The molecule has 1 heterocycles. The molecule has 2 aromatic carbocycles. The van der Waals surface area contributed by atoms with Crippen LogP contribution in [0.25, 0.3) is 0 Å². The van der Waals surface area contributed by atoms with Gasteiger partial charge in [-0.15, -0.1) is 0 Å². The van der Waals surface area contributed by atoms with Crippen LogP contribution in [0.1, 0.15) is 5.56 Å². The number of piperazine rings is 1. The molecule has 1 aliphatic heterocycles. The van der Waals surface area contributed by atoms with E-state index in [1.165, 1.54) is 12.1 Å². The Kier molecular flexibility index (Phi) is 5.94. The number of nitrogens with one attached hydrogen (secondary N) is 1. The molecular formula is C20H25FN4O. The van der Waals surface area contributed by atoms with Crippen molar-refractivity contribution in [1.29, 1.82) is 0 Å². The largest absolute Gasteiger partial charge is 0.497 e. The highest BCUT2D eigenvalue weighted by molar-refractivity contribution is 5.80. The highest BCUT2D eigenvalue weighted by Gasteiger charge is 2.19. The summed E-state index contributed by atoms with van der Waals surface area (Å²) in [6.07, 6.45) is 0. The third-order valence-corrected chi connectivity index (χ3v) is 4.57. The molecule has 0 radical (unpaired) electrons. The zero-order chi connectivity index (χ0) is 18.4. The monoisotopic (exact) mass is 356 g/mol. The van der Waals surface area contributed by atoms with E-state index >= 15 is 0 Å². The minimum atomic E-state index is -0.200. The number of ether oxygens (including phenoxy) is 1. The Bertz CT molecular complexity index is 740. The smallest absolute Gasteiger partial charge is 0.194 e. The predicted molar refractivity (Wildman–Crippen MR) is 103 cm³/mol. The van der Waals surface area contributed by atoms with Crippen LogP contribution in [0.3, 0.4) is 0 Å². The molecule has 3 rings (SSSR count). The Balaban J connectivity index is 1.54. The van der Waals surface area contributed by atoms with Crippen LogP contribution in [0.4, 0.5) is 10.1 Å². The number of rotatable bonds is 4. The molecule has 5 nitrogen and oxygen atoms in total. The molecule has 0 spiro atoms.